The smallest absolute Gasteiger partial charge is 0.338 e. The van der Waals surface area contributed by atoms with E-state index in [1.807, 2.05) is 0 Å². The molecule has 0 saturated heterocycles. The molecule has 1 amide bonds. The fourth-order valence-corrected chi connectivity index (χ4v) is 4.13. The summed E-state index contributed by atoms with van der Waals surface area (Å²) in [6.45, 7) is 5.42. The number of likely N-dealkylation sites (N-methyl/N-ethyl adjacent to an activating group) is 1. The van der Waals surface area contributed by atoms with Gasteiger partial charge in [-0.15, -0.1) is 0 Å². The normalized spacial score (nSPS) is 12.8. The highest BCUT2D eigenvalue weighted by atomic mass is 35.5. The minimum atomic E-state index is -3.83. The number of amides is 1. The largest absolute Gasteiger partial charge is 0.449 e. The summed E-state index contributed by atoms with van der Waals surface area (Å²) in [6, 6.07) is 3.86. The van der Waals surface area contributed by atoms with Crippen LogP contribution in [0.1, 0.15) is 31.1 Å². The maximum absolute atomic E-state index is 12.6. The second kappa shape index (κ2) is 8.64. The molecule has 140 valence electrons. The second-order valence-corrected chi connectivity index (χ2v) is 7.83. The van der Waals surface area contributed by atoms with Gasteiger partial charge >= 0.3 is 5.97 Å². The lowest BCUT2D eigenvalue weighted by atomic mass is 10.2. The number of hydrogen-bond donors (Lipinski definition) is 0. The van der Waals surface area contributed by atoms with E-state index in [4.69, 9.17) is 16.3 Å². The number of nitrogens with zero attached hydrogens (tertiary/aromatic N) is 2. The number of carbonyl (C=O) groups is 2. The molecule has 0 N–H and O–H groups in total. The van der Waals surface area contributed by atoms with E-state index < -0.39 is 22.1 Å². The number of hydrogen-bond acceptors (Lipinski definition) is 5. The van der Waals surface area contributed by atoms with Crippen molar-refractivity contribution in [3.63, 3.8) is 0 Å². The van der Waals surface area contributed by atoms with Gasteiger partial charge in [0.1, 0.15) is 4.90 Å². The SMILES string of the molecule is CCN(CC)S(=O)(=O)c1cc(C(=O)O[C@H](C)C(=O)N(C)C)ccc1Cl. The van der Waals surface area contributed by atoms with Gasteiger partial charge in [-0.1, -0.05) is 25.4 Å². The first kappa shape index (κ1) is 21.4. The van der Waals surface area contributed by atoms with E-state index in [9.17, 15) is 18.0 Å². The van der Waals surface area contributed by atoms with Crippen molar-refractivity contribution in [2.24, 2.45) is 0 Å². The Kier molecular flexibility index (Phi) is 7.40. The van der Waals surface area contributed by atoms with Crippen LogP contribution in [-0.2, 0) is 19.6 Å². The van der Waals surface area contributed by atoms with Crippen molar-refractivity contribution in [3.05, 3.63) is 28.8 Å². The lowest BCUT2D eigenvalue weighted by molar-refractivity contribution is -0.137. The first-order valence-electron chi connectivity index (χ1n) is 7.78. The summed E-state index contributed by atoms with van der Waals surface area (Å²) in [5.41, 5.74) is 0.00790. The number of sulfonamides is 1. The first-order valence-corrected chi connectivity index (χ1v) is 9.59. The van der Waals surface area contributed by atoms with Crippen molar-refractivity contribution >= 4 is 33.5 Å². The minimum absolute atomic E-state index is 0.00790. The van der Waals surface area contributed by atoms with Gasteiger partial charge in [0.25, 0.3) is 5.91 Å². The van der Waals surface area contributed by atoms with Gasteiger partial charge in [0.05, 0.1) is 10.6 Å². The van der Waals surface area contributed by atoms with Crippen molar-refractivity contribution in [1.82, 2.24) is 9.21 Å². The Morgan fingerprint density at radius 2 is 1.76 bits per heavy atom. The Morgan fingerprint density at radius 1 is 1.20 bits per heavy atom. The molecule has 0 radical (unpaired) electrons. The molecule has 1 aromatic rings. The van der Waals surface area contributed by atoms with Gasteiger partial charge in [-0.2, -0.15) is 4.31 Å². The summed E-state index contributed by atoms with van der Waals surface area (Å²) < 4.78 is 31.6. The molecule has 0 bridgehead atoms. The summed E-state index contributed by atoms with van der Waals surface area (Å²) >= 11 is 6.02. The zero-order valence-corrected chi connectivity index (χ0v) is 16.5. The molecule has 1 rings (SSSR count). The van der Waals surface area contributed by atoms with Crippen LogP contribution in [0.3, 0.4) is 0 Å². The monoisotopic (exact) mass is 390 g/mol. The quantitative estimate of drug-likeness (QED) is 0.665. The van der Waals surface area contributed by atoms with E-state index >= 15 is 0 Å². The Labute approximate surface area is 153 Å². The van der Waals surface area contributed by atoms with Gasteiger partial charge in [-0.05, 0) is 25.1 Å². The molecule has 0 fully saturated rings. The summed E-state index contributed by atoms with van der Waals surface area (Å²) in [6.07, 6.45) is -0.985. The number of halogens is 1. The third-order valence-electron chi connectivity index (χ3n) is 3.56. The van der Waals surface area contributed by atoms with Crippen LogP contribution in [0, 0.1) is 0 Å². The van der Waals surface area contributed by atoms with Crippen molar-refractivity contribution in [2.75, 3.05) is 27.2 Å². The zero-order chi connectivity index (χ0) is 19.4. The van der Waals surface area contributed by atoms with Crippen LogP contribution in [0.25, 0.3) is 0 Å². The third-order valence-corrected chi connectivity index (χ3v) is 6.09. The van der Waals surface area contributed by atoms with E-state index in [1.165, 1.54) is 34.3 Å². The highest BCUT2D eigenvalue weighted by molar-refractivity contribution is 7.89. The molecule has 0 spiro atoms. The number of rotatable bonds is 7. The molecule has 0 heterocycles. The van der Waals surface area contributed by atoms with Crippen molar-refractivity contribution in [2.45, 2.75) is 31.8 Å². The fraction of sp³-hybridized carbons (Fsp3) is 0.500. The van der Waals surface area contributed by atoms with E-state index in [-0.39, 0.29) is 34.5 Å². The first-order chi connectivity index (χ1) is 11.6. The minimum Gasteiger partial charge on any atom is -0.449 e. The number of carbonyl (C=O) groups excluding carboxylic acids is 2. The van der Waals surface area contributed by atoms with Crippen LogP contribution < -0.4 is 0 Å². The Hall–Kier alpha value is -1.64. The van der Waals surface area contributed by atoms with Gasteiger partial charge in [0, 0.05) is 27.2 Å². The number of ether oxygens (including phenoxy) is 1. The summed E-state index contributed by atoms with van der Waals surface area (Å²) in [5, 5.41) is 0.0147. The number of esters is 1. The molecule has 1 atom stereocenters. The van der Waals surface area contributed by atoms with E-state index in [2.05, 4.69) is 0 Å². The molecule has 1 aromatic carbocycles. The Balaban J connectivity index is 3.17. The second-order valence-electron chi connectivity index (χ2n) is 5.51. The molecular weight excluding hydrogens is 368 g/mol. The predicted molar refractivity (Wildman–Crippen MR) is 95.1 cm³/mol. The van der Waals surface area contributed by atoms with Crippen molar-refractivity contribution in [3.8, 4) is 0 Å². The maximum atomic E-state index is 12.6. The average Bonchev–Trinajstić information content (AvgIpc) is 2.54. The fourth-order valence-electron chi connectivity index (χ4n) is 2.17. The molecule has 9 heteroatoms. The molecule has 0 aliphatic heterocycles. The molecule has 0 aliphatic carbocycles. The van der Waals surface area contributed by atoms with Gasteiger partial charge in [0.15, 0.2) is 6.10 Å². The number of benzene rings is 1. The lowest BCUT2D eigenvalue weighted by Crippen LogP contribution is -2.35. The van der Waals surface area contributed by atoms with Crippen molar-refractivity contribution < 1.29 is 22.7 Å². The zero-order valence-electron chi connectivity index (χ0n) is 14.9. The van der Waals surface area contributed by atoms with Crippen molar-refractivity contribution in [1.29, 1.82) is 0 Å². The lowest BCUT2D eigenvalue weighted by Gasteiger charge is -2.20. The maximum Gasteiger partial charge on any atom is 0.338 e. The van der Waals surface area contributed by atoms with Crippen LogP contribution in [-0.4, -0.2) is 62.8 Å². The van der Waals surface area contributed by atoms with E-state index in [0.29, 0.717) is 0 Å². The average molecular weight is 391 g/mol. The van der Waals surface area contributed by atoms with Crippen LogP contribution in [0.2, 0.25) is 5.02 Å². The van der Waals surface area contributed by atoms with E-state index in [1.54, 1.807) is 27.9 Å². The highest BCUT2D eigenvalue weighted by Gasteiger charge is 2.27. The summed E-state index contributed by atoms with van der Waals surface area (Å²) in [4.78, 5) is 25.2. The van der Waals surface area contributed by atoms with Crippen LogP contribution in [0.4, 0.5) is 0 Å². The van der Waals surface area contributed by atoms with Gasteiger partial charge in [-0.25, -0.2) is 13.2 Å². The summed E-state index contributed by atoms with van der Waals surface area (Å²) in [5.74, 6) is -1.17. The molecule has 25 heavy (non-hydrogen) atoms. The topological polar surface area (TPSA) is 84.0 Å². The highest BCUT2D eigenvalue weighted by Crippen LogP contribution is 2.26. The molecule has 0 aromatic heterocycles. The standard InChI is InChI=1S/C16H23ClN2O5S/c1-6-19(7-2)25(22,23)14-10-12(8-9-13(14)17)16(21)24-11(3)15(20)18(4)5/h8-11H,6-7H2,1-5H3/t11-/m1/s1. The third kappa shape index (κ3) is 4.93. The molecule has 0 aliphatic rings. The Morgan fingerprint density at radius 3 is 2.24 bits per heavy atom. The predicted octanol–water partition coefficient (Wildman–Crippen LogP) is 2.00. The van der Waals surface area contributed by atoms with Gasteiger partial charge < -0.3 is 9.64 Å². The van der Waals surface area contributed by atoms with E-state index in [0.717, 1.165) is 0 Å². The van der Waals surface area contributed by atoms with Crippen LogP contribution >= 0.6 is 11.6 Å². The summed E-state index contributed by atoms with van der Waals surface area (Å²) in [7, 11) is -0.737. The van der Waals surface area contributed by atoms with Crippen LogP contribution in [0.15, 0.2) is 23.1 Å². The van der Waals surface area contributed by atoms with Crippen LogP contribution in [0.5, 0.6) is 0 Å². The van der Waals surface area contributed by atoms with Gasteiger partial charge in [0.2, 0.25) is 10.0 Å². The molecule has 7 nitrogen and oxygen atoms in total. The Bertz CT molecular complexity index is 745. The van der Waals surface area contributed by atoms with Gasteiger partial charge in [-0.3, -0.25) is 4.79 Å². The molecular formula is C16H23ClN2O5S. The molecule has 0 unspecified atom stereocenters. The molecule has 0 saturated carbocycles.